The molecule has 1 fully saturated rings. The Morgan fingerprint density at radius 2 is 1.82 bits per heavy atom. The van der Waals surface area contributed by atoms with E-state index in [1.54, 1.807) is 29.6 Å². The minimum Gasteiger partial charge on any atom is -0.351 e. The number of thioether (sulfide) groups is 2. The number of carbonyl (C=O) groups excluding carboxylic acids is 3. The molecule has 0 aromatic heterocycles. The largest absolute Gasteiger partial charge is 0.351 e. The fourth-order valence-electron chi connectivity index (χ4n) is 3.26. The van der Waals surface area contributed by atoms with Crippen LogP contribution >= 0.6 is 23.5 Å². The normalized spacial score (nSPS) is 16.9. The third-order valence-electron chi connectivity index (χ3n) is 5.24. The number of hydrogen-bond acceptors (Lipinski definition) is 7. The van der Waals surface area contributed by atoms with Gasteiger partial charge >= 0.3 is 6.03 Å². The zero-order valence-corrected chi connectivity index (χ0v) is 22.2. The van der Waals surface area contributed by atoms with Gasteiger partial charge in [0.2, 0.25) is 0 Å². The summed E-state index contributed by atoms with van der Waals surface area (Å²) in [7, 11) is 0. The van der Waals surface area contributed by atoms with Gasteiger partial charge in [0.05, 0.1) is 0 Å². The summed E-state index contributed by atoms with van der Waals surface area (Å²) in [5.41, 5.74) is 2.28. The van der Waals surface area contributed by atoms with Gasteiger partial charge in [-0.2, -0.15) is 23.5 Å². The van der Waals surface area contributed by atoms with E-state index < -0.39 is 0 Å². The molecule has 1 heterocycles. The van der Waals surface area contributed by atoms with Crippen molar-refractivity contribution in [3.63, 3.8) is 0 Å². The van der Waals surface area contributed by atoms with E-state index in [4.69, 9.17) is 4.74 Å². The third-order valence-corrected chi connectivity index (χ3v) is 6.75. The number of nitrogens with one attached hydrogen (secondary N) is 4. The van der Waals surface area contributed by atoms with E-state index in [0.717, 1.165) is 34.9 Å². The van der Waals surface area contributed by atoms with Crippen LogP contribution < -0.4 is 21.3 Å². The number of rotatable bonds is 16. The summed E-state index contributed by atoms with van der Waals surface area (Å²) in [6.07, 6.45) is 2.20. The molecule has 0 saturated carbocycles. The molecule has 1 aromatic rings. The molecule has 0 bridgehead atoms. The molecule has 10 heteroatoms. The molecule has 1 aliphatic rings. The Morgan fingerprint density at radius 3 is 2.53 bits per heavy atom. The van der Waals surface area contributed by atoms with Crippen LogP contribution in [0.4, 0.5) is 4.79 Å². The van der Waals surface area contributed by atoms with Gasteiger partial charge in [-0.25, -0.2) is 4.79 Å². The van der Waals surface area contributed by atoms with E-state index in [2.05, 4.69) is 34.4 Å². The number of carbonyl (C=O) groups is 3. The number of amides is 3. The van der Waals surface area contributed by atoms with Gasteiger partial charge in [0.1, 0.15) is 18.1 Å². The Hall–Kier alpha value is -1.75. The van der Waals surface area contributed by atoms with Crippen LogP contribution in [0.3, 0.4) is 0 Å². The second-order valence-corrected chi connectivity index (χ2v) is 10.7. The van der Waals surface area contributed by atoms with Crippen molar-refractivity contribution >= 4 is 41.2 Å². The molecule has 8 nitrogen and oxygen atoms in total. The average Bonchev–Trinajstić information content (AvgIpc) is 3.60. The SMILES string of the molecule is CCSCCNC(=O)c1cc(CNC(=O)NCCC(=O)C(C)C)cc(C2OC2NCCSC)c1. The first kappa shape index (κ1) is 28.5. The standard InChI is InChI=1S/C24H38N4O4S2/c1-5-34-11-9-25-22(30)19-13-17(15-28-24(31)27-7-6-20(29)16(2)3)12-18(14-19)21-23(32-21)26-8-10-33-4/h12-14,16,21,23,26H,5-11,15H2,1-4H3,(H,25,30)(H2,27,28,31). The molecule has 1 saturated heterocycles. The van der Waals surface area contributed by atoms with Gasteiger partial charge in [-0.1, -0.05) is 26.8 Å². The monoisotopic (exact) mass is 510 g/mol. The molecule has 1 aliphatic heterocycles. The van der Waals surface area contributed by atoms with E-state index in [9.17, 15) is 14.4 Å². The summed E-state index contributed by atoms with van der Waals surface area (Å²) >= 11 is 3.55. The molecule has 2 atom stereocenters. The van der Waals surface area contributed by atoms with Crippen LogP contribution in [-0.2, 0) is 16.1 Å². The molecule has 4 N–H and O–H groups in total. The molecular formula is C24H38N4O4S2. The van der Waals surface area contributed by atoms with Gasteiger partial charge in [-0.3, -0.25) is 14.9 Å². The van der Waals surface area contributed by atoms with Crippen molar-refractivity contribution in [2.45, 2.75) is 46.1 Å². The van der Waals surface area contributed by atoms with Crippen LogP contribution in [0.2, 0.25) is 0 Å². The van der Waals surface area contributed by atoms with E-state index in [1.165, 1.54) is 0 Å². The van der Waals surface area contributed by atoms with Crippen molar-refractivity contribution in [2.24, 2.45) is 5.92 Å². The third kappa shape index (κ3) is 10.2. The Morgan fingerprint density at radius 1 is 1.03 bits per heavy atom. The molecule has 0 spiro atoms. The van der Waals surface area contributed by atoms with Crippen molar-refractivity contribution < 1.29 is 19.1 Å². The Balaban J connectivity index is 1.98. The Labute approximate surface area is 211 Å². The molecule has 2 unspecified atom stereocenters. The molecule has 0 radical (unpaired) electrons. The van der Waals surface area contributed by atoms with Gasteiger partial charge in [0.15, 0.2) is 0 Å². The van der Waals surface area contributed by atoms with Crippen LogP contribution in [0.1, 0.15) is 54.8 Å². The van der Waals surface area contributed by atoms with Crippen molar-refractivity contribution in [1.29, 1.82) is 0 Å². The lowest BCUT2D eigenvalue weighted by molar-refractivity contribution is -0.121. The van der Waals surface area contributed by atoms with E-state index in [0.29, 0.717) is 25.1 Å². The Bertz CT molecular complexity index is 822. The van der Waals surface area contributed by atoms with Gasteiger partial charge in [0, 0.05) is 55.6 Å². The Kier molecular flexibility index (Phi) is 12.8. The van der Waals surface area contributed by atoms with Gasteiger partial charge < -0.3 is 20.7 Å². The van der Waals surface area contributed by atoms with Gasteiger partial charge in [0.25, 0.3) is 5.91 Å². The minimum absolute atomic E-state index is 0.0404. The highest BCUT2D eigenvalue weighted by Crippen LogP contribution is 2.37. The summed E-state index contributed by atoms with van der Waals surface area (Å²) in [5.74, 6) is 2.82. The lowest BCUT2D eigenvalue weighted by Crippen LogP contribution is -2.36. The highest BCUT2D eigenvalue weighted by atomic mass is 32.2. The topological polar surface area (TPSA) is 112 Å². The maximum Gasteiger partial charge on any atom is 0.315 e. The number of ketones is 1. The first-order chi connectivity index (χ1) is 16.3. The summed E-state index contributed by atoms with van der Waals surface area (Å²) in [5, 5.41) is 11.8. The summed E-state index contributed by atoms with van der Waals surface area (Å²) in [4.78, 5) is 36.6. The van der Waals surface area contributed by atoms with Crippen LogP contribution in [0.15, 0.2) is 18.2 Å². The lowest BCUT2D eigenvalue weighted by Gasteiger charge is -2.12. The molecule has 34 heavy (non-hydrogen) atoms. The predicted molar refractivity (Wildman–Crippen MR) is 140 cm³/mol. The van der Waals surface area contributed by atoms with Crippen LogP contribution in [0, 0.1) is 5.92 Å². The number of benzene rings is 1. The molecular weight excluding hydrogens is 472 g/mol. The predicted octanol–water partition coefficient (Wildman–Crippen LogP) is 2.93. The summed E-state index contributed by atoms with van der Waals surface area (Å²) < 4.78 is 5.79. The second kappa shape index (κ2) is 15.3. The molecule has 190 valence electrons. The van der Waals surface area contributed by atoms with Crippen molar-refractivity contribution in [3.8, 4) is 0 Å². The van der Waals surface area contributed by atoms with Crippen LogP contribution in [0.5, 0.6) is 0 Å². The molecule has 3 amide bonds. The fourth-order valence-corrected chi connectivity index (χ4v) is 4.11. The second-order valence-electron chi connectivity index (χ2n) is 8.32. The number of epoxide rings is 1. The zero-order chi connectivity index (χ0) is 24.9. The van der Waals surface area contributed by atoms with Crippen molar-refractivity contribution in [3.05, 3.63) is 34.9 Å². The fraction of sp³-hybridized carbons (Fsp3) is 0.625. The maximum absolute atomic E-state index is 12.7. The lowest BCUT2D eigenvalue weighted by atomic mass is 10.0. The van der Waals surface area contributed by atoms with Crippen molar-refractivity contribution in [2.75, 3.05) is 43.1 Å². The number of urea groups is 1. The van der Waals surface area contributed by atoms with Gasteiger partial charge in [-0.05, 0) is 35.3 Å². The van der Waals surface area contributed by atoms with Crippen molar-refractivity contribution in [1.82, 2.24) is 21.3 Å². The highest BCUT2D eigenvalue weighted by Gasteiger charge is 2.40. The van der Waals surface area contributed by atoms with E-state index >= 15 is 0 Å². The summed E-state index contributed by atoms with van der Waals surface area (Å²) in [6.45, 7) is 7.80. The average molecular weight is 511 g/mol. The van der Waals surface area contributed by atoms with Gasteiger partial charge in [-0.15, -0.1) is 0 Å². The summed E-state index contributed by atoms with van der Waals surface area (Å²) in [6, 6.07) is 5.29. The minimum atomic E-state index is -0.344. The quantitative estimate of drug-likeness (QED) is 0.200. The smallest absolute Gasteiger partial charge is 0.315 e. The first-order valence-corrected chi connectivity index (χ1v) is 14.3. The molecule has 1 aromatic carbocycles. The van der Waals surface area contributed by atoms with E-state index in [1.807, 2.05) is 26.0 Å². The first-order valence-electron chi connectivity index (χ1n) is 11.8. The highest BCUT2D eigenvalue weighted by molar-refractivity contribution is 7.99. The van der Waals surface area contributed by atoms with E-state index in [-0.39, 0.29) is 42.5 Å². The number of hydrogen-bond donors (Lipinski definition) is 4. The zero-order valence-electron chi connectivity index (χ0n) is 20.6. The molecule has 0 aliphatic carbocycles. The molecule has 2 rings (SSSR count). The number of Topliss-reactive ketones (excluding diaryl/α,β-unsaturated/α-hetero) is 1. The number of ether oxygens (including phenoxy) is 1. The van der Waals surface area contributed by atoms with Crippen LogP contribution in [0.25, 0.3) is 0 Å². The van der Waals surface area contributed by atoms with Crippen LogP contribution in [-0.4, -0.2) is 67.1 Å². The maximum atomic E-state index is 12.7.